The van der Waals surface area contributed by atoms with E-state index in [9.17, 15) is 9.90 Å². The van der Waals surface area contributed by atoms with Crippen LogP contribution in [0.5, 0.6) is 0 Å². The number of aliphatic hydroxyl groups is 1. The van der Waals surface area contributed by atoms with E-state index in [1.54, 1.807) is 6.92 Å². The SMILES string of the molecule is Cc1ccc(-c2cc(C(=O)N[C@@H](C)CO)cc(-c3ccnn3CC3CC3)c2)nc1. The quantitative estimate of drug-likeness (QED) is 0.648. The van der Waals surface area contributed by atoms with Gasteiger partial charge in [0.15, 0.2) is 0 Å². The summed E-state index contributed by atoms with van der Waals surface area (Å²) in [6.07, 6.45) is 6.13. The van der Waals surface area contributed by atoms with Gasteiger partial charge in [0.1, 0.15) is 0 Å². The van der Waals surface area contributed by atoms with Crippen LogP contribution in [0, 0.1) is 12.8 Å². The molecule has 1 atom stereocenters. The third kappa shape index (κ3) is 4.54. The summed E-state index contributed by atoms with van der Waals surface area (Å²) in [6, 6.07) is 11.5. The first-order valence-corrected chi connectivity index (χ1v) is 10.1. The summed E-state index contributed by atoms with van der Waals surface area (Å²) in [5.41, 5.74) is 5.25. The van der Waals surface area contributed by atoms with Gasteiger partial charge < -0.3 is 10.4 Å². The predicted molar refractivity (Wildman–Crippen MR) is 112 cm³/mol. The zero-order valence-corrected chi connectivity index (χ0v) is 16.8. The van der Waals surface area contributed by atoms with Gasteiger partial charge in [-0.2, -0.15) is 5.10 Å². The Bertz CT molecular complexity index is 1010. The van der Waals surface area contributed by atoms with Crippen LogP contribution < -0.4 is 5.32 Å². The second kappa shape index (κ2) is 8.17. The minimum Gasteiger partial charge on any atom is -0.394 e. The first kappa shape index (κ1) is 19.3. The molecule has 0 radical (unpaired) electrons. The van der Waals surface area contributed by atoms with Crippen molar-refractivity contribution in [3.63, 3.8) is 0 Å². The number of aromatic nitrogens is 3. The summed E-state index contributed by atoms with van der Waals surface area (Å²) in [5.74, 6) is 0.485. The third-order valence-electron chi connectivity index (χ3n) is 5.19. The molecule has 1 amide bonds. The average Bonchev–Trinajstić information content (AvgIpc) is 3.42. The molecule has 3 aromatic rings. The molecule has 4 rings (SSSR count). The van der Waals surface area contributed by atoms with E-state index in [0.717, 1.165) is 34.6 Å². The first-order valence-electron chi connectivity index (χ1n) is 10.1. The van der Waals surface area contributed by atoms with E-state index < -0.39 is 0 Å². The molecule has 1 aliphatic rings. The minimum atomic E-state index is -0.312. The van der Waals surface area contributed by atoms with Crippen LogP contribution in [0.2, 0.25) is 0 Å². The Hall–Kier alpha value is -2.99. The first-order chi connectivity index (χ1) is 14.0. The second-order valence-corrected chi connectivity index (χ2v) is 7.92. The highest BCUT2D eigenvalue weighted by Crippen LogP contribution is 2.33. The van der Waals surface area contributed by atoms with E-state index in [-0.39, 0.29) is 18.6 Å². The highest BCUT2D eigenvalue weighted by molar-refractivity contribution is 5.97. The second-order valence-electron chi connectivity index (χ2n) is 7.92. The number of rotatable bonds is 7. The molecule has 1 aromatic carbocycles. The molecule has 150 valence electrons. The third-order valence-corrected chi connectivity index (χ3v) is 5.19. The van der Waals surface area contributed by atoms with Crippen LogP contribution in [0.15, 0.2) is 48.8 Å². The van der Waals surface area contributed by atoms with Gasteiger partial charge in [-0.3, -0.25) is 14.5 Å². The number of carbonyl (C=O) groups excluding carboxylic acids is 1. The molecular formula is C23H26N4O2. The van der Waals surface area contributed by atoms with Crippen LogP contribution in [0.25, 0.3) is 22.5 Å². The smallest absolute Gasteiger partial charge is 0.251 e. The molecule has 2 N–H and O–H groups in total. The van der Waals surface area contributed by atoms with Gasteiger partial charge in [0.25, 0.3) is 5.91 Å². The number of carbonyl (C=O) groups is 1. The standard InChI is InChI=1S/C23H26N4O2/c1-15-3-6-21(24-12-15)18-9-19(11-20(10-18)23(29)26-16(2)14-28)22-7-8-25-27(22)13-17-4-5-17/h3,6-12,16-17,28H,4-5,13-14H2,1-2H3,(H,26,29)/t16-/m0/s1. The van der Waals surface area contributed by atoms with Crippen molar-refractivity contribution in [2.45, 2.75) is 39.3 Å². The molecule has 6 nitrogen and oxygen atoms in total. The fourth-order valence-electron chi connectivity index (χ4n) is 3.31. The van der Waals surface area contributed by atoms with E-state index in [0.29, 0.717) is 11.5 Å². The highest BCUT2D eigenvalue weighted by Gasteiger charge is 2.23. The van der Waals surface area contributed by atoms with E-state index in [2.05, 4.69) is 21.5 Å². The van der Waals surface area contributed by atoms with Gasteiger partial charge in [-0.05, 0) is 68.5 Å². The maximum atomic E-state index is 12.8. The van der Waals surface area contributed by atoms with Crippen molar-refractivity contribution in [2.24, 2.45) is 5.92 Å². The number of nitrogens with one attached hydrogen (secondary N) is 1. The Labute approximate surface area is 170 Å². The van der Waals surface area contributed by atoms with Crippen molar-refractivity contribution in [2.75, 3.05) is 6.61 Å². The van der Waals surface area contributed by atoms with Crippen molar-refractivity contribution in [1.29, 1.82) is 0 Å². The van der Waals surface area contributed by atoms with E-state index in [1.807, 2.05) is 54.3 Å². The summed E-state index contributed by atoms with van der Waals surface area (Å²) in [4.78, 5) is 17.3. The molecule has 6 heteroatoms. The van der Waals surface area contributed by atoms with Crippen molar-refractivity contribution >= 4 is 5.91 Å². The number of amides is 1. The molecular weight excluding hydrogens is 364 g/mol. The predicted octanol–water partition coefficient (Wildman–Crippen LogP) is 3.44. The molecule has 0 spiro atoms. The molecule has 1 fully saturated rings. The van der Waals surface area contributed by atoms with Crippen molar-refractivity contribution < 1.29 is 9.90 Å². The molecule has 0 saturated heterocycles. The van der Waals surface area contributed by atoms with Crippen LogP contribution in [0.4, 0.5) is 0 Å². The molecule has 0 aliphatic heterocycles. The summed E-state index contributed by atoms with van der Waals surface area (Å²) < 4.78 is 2.03. The maximum absolute atomic E-state index is 12.8. The lowest BCUT2D eigenvalue weighted by Gasteiger charge is -2.14. The fourth-order valence-corrected chi connectivity index (χ4v) is 3.31. The normalized spacial score (nSPS) is 14.6. The summed E-state index contributed by atoms with van der Waals surface area (Å²) in [5, 5.41) is 16.6. The molecule has 0 unspecified atom stereocenters. The molecule has 29 heavy (non-hydrogen) atoms. The average molecular weight is 390 g/mol. The van der Waals surface area contributed by atoms with Crippen LogP contribution in [-0.2, 0) is 6.54 Å². The Kier molecular flexibility index (Phi) is 5.45. The van der Waals surface area contributed by atoms with E-state index in [1.165, 1.54) is 12.8 Å². The van der Waals surface area contributed by atoms with Gasteiger partial charge in [0.2, 0.25) is 0 Å². The van der Waals surface area contributed by atoms with Crippen molar-refractivity contribution in [3.8, 4) is 22.5 Å². The number of hydrogen-bond donors (Lipinski definition) is 2. The zero-order valence-electron chi connectivity index (χ0n) is 16.8. The van der Waals surface area contributed by atoms with Crippen LogP contribution >= 0.6 is 0 Å². The molecule has 0 bridgehead atoms. The number of aliphatic hydroxyl groups excluding tert-OH is 1. The van der Waals surface area contributed by atoms with Crippen LogP contribution in [0.3, 0.4) is 0 Å². The lowest BCUT2D eigenvalue weighted by Crippen LogP contribution is -2.35. The molecule has 1 saturated carbocycles. The van der Waals surface area contributed by atoms with Crippen LogP contribution in [-0.4, -0.2) is 38.4 Å². The summed E-state index contributed by atoms with van der Waals surface area (Å²) >= 11 is 0. The minimum absolute atomic E-state index is 0.105. The zero-order chi connectivity index (χ0) is 20.4. The molecule has 2 aromatic heterocycles. The Morgan fingerprint density at radius 3 is 2.72 bits per heavy atom. The van der Waals surface area contributed by atoms with Gasteiger partial charge in [0, 0.05) is 41.7 Å². The number of pyridine rings is 1. The lowest BCUT2D eigenvalue weighted by molar-refractivity contribution is 0.0922. The maximum Gasteiger partial charge on any atom is 0.251 e. The van der Waals surface area contributed by atoms with Gasteiger partial charge in [-0.15, -0.1) is 0 Å². The number of benzene rings is 1. The van der Waals surface area contributed by atoms with Crippen molar-refractivity contribution in [1.82, 2.24) is 20.1 Å². The van der Waals surface area contributed by atoms with E-state index in [4.69, 9.17) is 0 Å². The highest BCUT2D eigenvalue weighted by atomic mass is 16.3. The Balaban J connectivity index is 1.76. The fraction of sp³-hybridized carbons (Fsp3) is 0.348. The number of nitrogens with zero attached hydrogens (tertiary/aromatic N) is 3. The van der Waals surface area contributed by atoms with E-state index >= 15 is 0 Å². The summed E-state index contributed by atoms with van der Waals surface area (Å²) in [7, 11) is 0. The Morgan fingerprint density at radius 2 is 2.03 bits per heavy atom. The molecule has 1 aliphatic carbocycles. The van der Waals surface area contributed by atoms with Gasteiger partial charge in [-0.1, -0.05) is 6.07 Å². The largest absolute Gasteiger partial charge is 0.394 e. The number of aryl methyl sites for hydroxylation is 1. The molecule has 2 heterocycles. The topological polar surface area (TPSA) is 80.0 Å². The van der Waals surface area contributed by atoms with Crippen molar-refractivity contribution in [3.05, 3.63) is 59.9 Å². The monoisotopic (exact) mass is 390 g/mol. The Morgan fingerprint density at radius 1 is 1.24 bits per heavy atom. The summed E-state index contributed by atoms with van der Waals surface area (Å²) in [6.45, 7) is 4.57. The van der Waals surface area contributed by atoms with Crippen LogP contribution in [0.1, 0.15) is 35.7 Å². The lowest BCUT2D eigenvalue weighted by atomic mass is 10.00. The van der Waals surface area contributed by atoms with Gasteiger partial charge in [-0.25, -0.2) is 0 Å². The van der Waals surface area contributed by atoms with Gasteiger partial charge >= 0.3 is 0 Å². The van der Waals surface area contributed by atoms with Gasteiger partial charge in [0.05, 0.1) is 18.0 Å². The number of hydrogen-bond acceptors (Lipinski definition) is 4.